The molecule has 9 heteroatoms. The van der Waals surface area contributed by atoms with Gasteiger partial charge in [-0.05, 0) is 41.5 Å². The molecule has 0 aromatic heterocycles. The number of carbonyl (C=O) groups excluding carboxylic acids is 3. The predicted molar refractivity (Wildman–Crippen MR) is 123 cm³/mol. The van der Waals surface area contributed by atoms with Crippen LogP contribution in [-0.4, -0.2) is 59.1 Å². The number of rotatable bonds is 8. The van der Waals surface area contributed by atoms with Crippen LogP contribution in [0.15, 0.2) is 48.5 Å². The second kappa shape index (κ2) is 9.94. The molecule has 0 unspecified atom stereocenters. The third-order valence-electron chi connectivity index (χ3n) is 6.42. The van der Waals surface area contributed by atoms with Gasteiger partial charge in [0, 0.05) is 18.9 Å². The normalized spacial score (nSPS) is 17.5. The maximum atomic E-state index is 12.9. The summed E-state index contributed by atoms with van der Waals surface area (Å²) in [4.78, 5) is 49.5. The van der Waals surface area contributed by atoms with Crippen molar-refractivity contribution in [1.82, 2.24) is 10.2 Å². The second-order valence-corrected chi connectivity index (χ2v) is 8.56. The van der Waals surface area contributed by atoms with Gasteiger partial charge in [0.15, 0.2) is 0 Å². The summed E-state index contributed by atoms with van der Waals surface area (Å²) < 4.78 is 5.66. The first kappa shape index (κ1) is 23.3. The number of aliphatic carboxylic acids is 1. The van der Waals surface area contributed by atoms with Crippen molar-refractivity contribution in [2.45, 2.75) is 43.7 Å². The average Bonchev–Trinajstić information content (AvgIpc) is 3.43. The number of primary amides is 1. The molecular formula is C25H27N3O6. The lowest BCUT2D eigenvalue weighted by Gasteiger charge is -2.25. The van der Waals surface area contributed by atoms with Gasteiger partial charge in [0.25, 0.3) is 0 Å². The van der Waals surface area contributed by atoms with Crippen molar-refractivity contribution in [3.05, 3.63) is 59.7 Å². The van der Waals surface area contributed by atoms with Gasteiger partial charge in [-0.1, -0.05) is 48.5 Å². The third-order valence-corrected chi connectivity index (χ3v) is 6.42. The summed E-state index contributed by atoms with van der Waals surface area (Å²) in [5.41, 5.74) is 9.50. The molecule has 178 valence electrons. The standard InChI is InChI=1S/C25H27N3O6/c26-22(29)12-11-20(24(31)32)27-23(30)21-10-5-13-28(21)25(33)34-14-19-17-8-3-1-6-15(17)16-7-2-4-9-18(16)19/h1-4,6-9,19-21H,5,10-14H2,(H2,26,29)(H,27,30)(H,31,32)/t20-,21-/m0/s1. The molecule has 1 aliphatic heterocycles. The van der Waals surface area contributed by atoms with Crippen LogP contribution in [0.25, 0.3) is 11.1 Å². The SMILES string of the molecule is NC(=O)CC[C@H](NC(=O)[C@@H]1CCCN1C(=O)OCC1c2ccccc2-c2ccccc21)C(=O)O. The first-order valence-corrected chi connectivity index (χ1v) is 11.3. The molecule has 1 aliphatic carbocycles. The molecule has 2 aliphatic rings. The fraction of sp³-hybridized carbons (Fsp3) is 0.360. The van der Waals surface area contributed by atoms with Gasteiger partial charge in [0.1, 0.15) is 18.7 Å². The van der Waals surface area contributed by atoms with Gasteiger partial charge in [0.2, 0.25) is 11.8 Å². The first-order valence-electron chi connectivity index (χ1n) is 11.3. The fourth-order valence-electron chi connectivity index (χ4n) is 4.75. The van der Waals surface area contributed by atoms with Crippen LogP contribution in [-0.2, 0) is 19.1 Å². The average molecular weight is 466 g/mol. The lowest BCUT2D eigenvalue weighted by molar-refractivity contribution is -0.142. The lowest BCUT2D eigenvalue weighted by Crippen LogP contribution is -2.51. The number of carboxylic acid groups (broad SMARTS) is 1. The summed E-state index contributed by atoms with van der Waals surface area (Å²) in [6, 6.07) is 13.9. The van der Waals surface area contributed by atoms with Crippen LogP contribution in [0.3, 0.4) is 0 Å². The van der Waals surface area contributed by atoms with Crippen LogP contribution < -0.4 is 11.1 Å². The third kappa shape index (κ3) is 4.73. The minimum absolute atomic E-state index is 0.101. The van der Waals surface area contributed by atoms with Crippen LogP contribution in [0.2, 0.25) is 0 Å². The molecular weight excluding hydrogens is 438 g/mol. The summed E-state index contributed by atoms with van der Waals surface area (Å²) in [5.74, 6) is -2.60. The minimum atomic E-state index is -1.26. The molecule has 1 heterocycles. The van der Waals surface area contributed by atoms with Crippen molar-refractivity contribution >= 4 is 23.9 Å². The van der Waals surface area contributed by atoms with Crippen molar-refractivity contribution in [1.29, 1.82) is 0 Å². The van der Waals surface area contributed by atoms with E-state index in [-0.39, 0.29) is 25.4 Å². The van der Waals surface area contributed by atoms with Gasteiger partial charge >= 0.3 is 12.1 Å². The molecule has 0 radical (unpaired) electrons. The second-order valence-electron chi connectivity index (χ2n) is 8.56. The summed E-state index contributed by atoms with van der Waals surface area (Å²) in [5, 5.41) is 11.8. The van der Waals surface area contributed by atoms with Gasteiger partial charge in [-0.3, -0.25) is 14.5 Å². The highest BCUT2D eigenvalue weighted by Gasteiger charge is 2.37. The van der Waals surface area contributed by atoms with E-state index < -0.39 is 36.0 Å². The van der Waals surface area contributed by atoms with E-state index in [2.05, 4.69) is 5.32 Å². The van der Waals surface area contributed by atoms with E-state index in [1.165, 1.54) is 4.90 Å². The number of fused-ring (bicyclic) bond motifs is 3. The topological polar surface area (TPSA) is 139 Å². The summed E-state index contributed by atoms with van der Waals surface area (Å²) in [7, 11) is 0. The molecule has 2 atom stereocenters. The Morgan fingerprint density at radius 2 is 1.68 bits per heavy atom. The van der Waals surface area contributed by atoms with Gasteiger partial charge < -0.3 is 20.9 Å². The molecule has 0 saturated carbocycles. The number of amides is 3. The number of likely N-dealkylation sites (tertiary alicyclic amines) is 1. The van der Waals surface area contributed by atoms with E-state index in [0.29, 0.717) is 19.4 Å². The van der Waals surface area contributed by atoms with E-state index in [0.717, 1.165) is 22.3 Å². The predicted octanol–water partition coefficient (Wildman–Crippen LogP) is 2.23. The Morgan fingerprint density at radius 1 is 1.06 bits per heavy atom. The van der Waals surface area contributed by atoms with E-state index >= 15 is 0 Å². The Labute approximate surface area is 196 Å². The van der Waals surface area contributed by atoms with Gasteiger partial charge in [0.05, 0.1) is 0 Å². The smallest absolute Gasteiger partial charge is 0.410 e. The van der Waals surface area contributed by atoms with Crippen LogP contribution in [0.1, 0.15) is 42.7 Å². The number of benzene rings is 2. The molecule has 0 spiro atoms. The van der Waals surface area contributed by atoms with E-state index in [1.54, 1.807) is 0 Å². The number of carbonyl (C=O) groups is 4. The minimum Gasteiger partial charge on any atom is -0.480 e. The number of ether oxygens (including phenoxy) is 1. The number of hydrogen-bond acceptors (Lipinski definition) is 5. The van der Waals surface area contributed by atoms with Crippen LogP contribution in [0, 0.1) is 0 Å². The Balaban J connectivity index is 1.41. The number of nitrogens with one attached hydrogen (secondary N) is 1. The highest BCUT2D eigenvalue weighted by molar-refractivity contribution is 5.90. The van der Waals surface area contributed by atoms with Crippen molar-refractivity contribution in [2.24, 2.45) is 5.73 Å². The summed E-state index contributed by atoms with van der Waals surface area (Å²) in [6.45, 7) is 0.474. The van der Waals surface area contributed by atoms with Crippen molar-refractivity contribution in [2.75, 3.05) is 13.2 Å². The number of nitrogens with zero attached hydrogens (tertiary/aromatic N) is 1. The number of nitrogens with two attached hydrogens (primary N) is 1. The summed E-state index contributed by atoms with van der Waals surface area (Å²) in [6.07, 6.45) is 0.106. The Morgan fingerprint density at radius 3 is 2.26 bits per heavy atom. The molecule has 9 nitrogen and oxygen atoms in total. The molecule has 0 bridgehead atoms. The van der Waals surface area contributed by atoms with Gasteiger partial charge in [-0.2, -0.15) is 0 Å². The highest BCUT2D eigenvalue weighted by Crippen LogP contribution is 2.44. The lowest BCUT2D eigenvalue weighted by atomic mass is 9.98. The molecule has 3 amide bonds. The van der Waals surface area contributed by atoms with Crippen molar-refractivity contribution in [3.63, 3.8) is 0 Å². The maximum Gasteiger partial charge on any atom is 0.410 e. The van der Waals surface area contributed by atoms with Gasteiger partial charge in [-0.25, -0.2) is 9.59 Å². The maximum absolute atomic E-state index is 12.9. The van der Waals surface area contributed by atoms with E-state index in [9.17, 15) is 24.3 Å². The van der Waals surface area contributed by atoms with Crippen molar-refractivity contribution < 1.29 is 29.0 Å². The van der Waals surface area contributed by atoms with Gasteiger partial charge in [-0.15, -0.1) is 0 Å². The number of hydrogen-bond donors (Lipinski definition) is 3. The van der Waals surface area contributed by atoms with E-state index in [4.69, 9.17) is 10.5 Å². The fourth-order valence-corrected chi connectivity index (χ4v) is 4.75. The Bertz CT molecular complexity index is 1070. The zero-order valence-corrected chi connectivity index (χ0v) is 18.6. The Kier molecular flexibility index (Phi) is 6.81. The molecule has 1 saturated heterocycles. The van der Waals surface area contributed by atoms with E-state index in [1.807, 2.05) is 48.5 Å². The molecule has 1 fully saturated rings. The molecule has 2 aromatic rings. The van der Waals surface area contributed by atoms with Crippen LogP contribution >= 0.6 is 0 Å². The quantitative estimate of drug-likeness (QED) is 0.546. The monoisotopic (exact) mass is 465 g/mol. The molecule has 2 aromatic carbocycles. The molecule has 4 N–H and O–H groups in total. The molecule has 4 rings (SSSR count). The largest absolute Gasteiger partial charge is 0.480 e. The number of carboxylic acids is 1. The van der Waals surface area contributed by atoms with Crippen molar-refractivity contribution in [3.8, 4) is 11.1 Å². The summed E-state index contributed by atoms with van der Waals surface area (Å²) >= 11 is 0. The molecule has 34 heavy (non-hydrogen) atoms. The van der Waals surface area contributed by atoms with Crippen LogP contribution in [0.4, 0.5) is 4.79 Å². The zero-order chi connectivity index (χ0) is 24.2. The zero-order valence-electron chi connectivity index (χ0n) is 18.6. The highest BCUT2D eigenvalue weighted by atomic mass is 16.6. The first-order chi connectivity index (χ1) is 16.4. The van der Waals surface area contributed by atoms with Crippen LogP contribution in [0.5, 0.6) is 0 Å². The Hall–Kier alpha value is -3.88.